The number of fused-ring (bicyclic) bond motifs is 2. The third-order valence-corrected chi connectivity index (χ3v) is 15.5. The lowest BCUT2D eigenvalue weighted by atomic mass is 9.46. The Labute approximate surface area is 260 Å². The minimum atomic E-state index is -1.07. The molecule has 2 spiro atoms. The van der Waals surface area contributed by atoms with Gasteiger partial charge in [0.1, 0.15) is 0 Å². The summed E-state index contributed by atoms with van der Waals surface area (Å²) in [6.45, 7) is 17.8. The number of aliphatic hydroxyl groups is 3. The smallest absolute Gasteiger partial charge is 0.170 e. The van der Waals surface area contributed by atoms with Gasteiger partial charge in [-0.15, -0.1) is 0 Å². The molecule has 0 aromatic heterocycles. The molecule has 0 radical (unpaired) electrons. The third-order valence-electron chi connectivity index (χ3n) is 15.5. The van der Waals surface area contributed by atoms with Gasteiger partial charge in [0.25, 0.3) is 0 Å². The molecule has 7 aliphatic rings. The van der Waals surface area contributed by atoms with Crippen LogP contribution in [0.3, 0.4) is 0 Å². The lowest BCUT2D eigenvalue weighted by Gasteiger charge is -2.59. The first-order chi connectivity index (χ1) is 20.3. The van der Waals surface area contributed by atoms with Gasteiger partial charge in [0.2, 0.25) is 0 Å². The summed E-state index contributed by atoms with van der Waals surface area (Å²) < 4.78 is 18.5. The lowest BCUT2D eigenvalue weighted by molar-refractivity contribution is -0.253. The molecule has 2 saturated heterocycles. The molecule has 2 heterocycles. The van der Waals surface area contributed by atoms with Crippen molar-refractivity contribution in [2.75, 3.05) is 32.9 Å². The fourth-order valence-electron chi connectivity index (χ4n) is 13.0. The van der Waals surface area contributed by atoms with Crippen molar-refractivity contribution in [1.29, 1.82) is 0 Å². The highest BCUT2D eigenvalue weighted by Gasteiger charge is 2.84. The van der Waals surface area contributed by atoms with Crippen LogP contribution in [0.1, 0.15) is 106 Å². The van der Waals surface area contributed by atoms with Gasteiger partial charge in [0.05, 0.1) is 56.3 Å². The van der Waals surface area contributed by atoms with Gasteiger partial charge in [-0.2, -0.15) is 0 Å². The second kappa shape index (κ2) is 10.6. The summed E-state index contributed by atoms with van der Waals surface area (Å²) in [5.41, 5.74) is 0.0720. The number of rotatable bonds is 8. The Morgan fingerprint density at radius 2 is 1.79 bits per heavy atom. The Morgan fingerprint density at radius 3 is 2.49 bits per heavy atom. The van der Waals surface area contributed by atoms with E-state index in [2.05, 4.69) is 32.6 Å². The van der Waals surface area contributed by atoms with E-state index in [1.807, 2.05) is 0 Å². The number of hydrogen-bond acceptors (Lipinski definition) is 7. The fraction of sp³-hybridized carbons (Fsp3) is 1.00. The summed E-state index contributed by atoms with van der Waals surface area (Å²) in [4.78, 5) is 2.51. The van der Waals surface area contributed by atoms with Crippen LogP contribution in [-0.2, 0) is 14.2 Å². The maximum Gasteiger partial charge on any atom is 0.170 e. The summed E-state index contributed by atoms with van der Waals surface area (Å²) >= 11 is 0. The first kappa shape index (κ1) is 31.3. The molecule has 12 atom stereocenters. The van der Waals surface area contributed by atoms with Crippen molar-refractivity contribution in [2.45, 2.75) is 142 Å². The molecule has 7 rings (SSSR count). The first-order valence-corrected chi connectivity index (χ1v) is 17.9. The molecule has 2 aliphatic heterocycles. The van der Waals surface area contributed by atoms with Crippen molar-refractivity contribution >= 4 is 0 Å². The molecule has 7 heteroatoms. The highest BCUT2D eigenvalue weighted by atomic mass is 16.7. The lowest BCUT2D eigenvalue weighted by Crippen LogP contribution is -2.58. The first-order valence-electron chi connectivity index (χ1n) is 17.9. The molecular formula is C36H61NO6. The Balaban J connectivity index is 1.04. The van der Waals surface area contributed by atoms with Gasteiger partial charge in [-0.1, -0.05) is 34.1 Å². The Bertz CT molecular complexity index is 1040. The van der Waals surface area contributed by atoms with Crippen molar-refractivity contribution in [3.8, 4) is 0 Å². The SMILES string of the molecule is C[C@@H]1C23CC[C@H](OC4CN(C5COC5)CCO4)C(C)(C)C2CC[C@H]2C4C[C@@H](O)C(CCC[C@H](O)C(C)(C)O)[C@@]4(C)CC[C@]123. The monoisotopic (exact) mass is 603 g/mol. The summed E-state index contributed by atoms with van der Waals surface area (Å²) in [7, 11) is 0. The number of hydrogen-bond donors (Lipinski definition) is 3. The zero-order valence-electron chi connectivity index (χ0n) is 27.9. The Hall–Kier alpha value is -0.280. The molecular weight excluding hydrogens is 542 g/mol. The van der Waals surface area contributed by atoms with E-state index in [1.165, 1.54) is 32.1 Å². The van der Waals surface area contributed by atoms with Crippen LogP contribution in [-0.4, -0.2) is 89.4 Å². The van der Waals surface area contributed by atoms with Crippen LogP contribution in [0.2, 0.25) is 0 Å². The molecule has 0 aromatic carbocycles. The molecule has 246 valence electrons. The molecule has 0 bridgehead atoms. The van der Waals surface area contributed by atoms with Gasteiger partial charge in [0, 0.05) is 6.54 Å². The minimum Gasteiger partial charge on any atom is -0.393 e. The normalized spacial score (nSPS) is 50.2. The number of morpholine rings is 1. The van der Waals surface area contributed by atoms with Crippen molar-refractivity contribution in [3.05, 3.63) is 0 Å². The highest BCUT2D eigenvalue weighted by molar-refractivity contribution is 5.32. The van der Waals surface area contributed by atoms with E-state index in [0.717, 1.165) is 64.5 Å². The molecule has 3 N–H and O–H groups in total. The van der Waals surface area contributed by atoms with Gasteiger partial charge in [0.15, 0.2) is 6.29 Å². The largest absolute Gasteiger partial charge is 0.393 e. The zero-order valence-corrected chi connectivity index (χ0v) is 27.9. The van der Waals surface area contributed by atoms with Crippen molar-refractivity contribution in [3.63, 3.8) is 0 Å². The molecule has 5 saturated carbocycles. The molecule has 0 amide bonds. The van der Waals surface area contributed by atoms with Gasteiger partial charge in [-0.3, -0.25) is 4.90 Å². The van der Waals surface area contributed by atoms with Crippen LogP contribution < -0.4 is 0 Å². The van der Waals surface area contributed by atoms with E-state index in [0.29, 0.717) is 47.0 Å². The van der Waals surface area contributed by atoms with E-state index in [-0.39, 0.29) is 29.3 Å². The van der Waals surface area contributed by atoms with Crippen molar-refractivity contribution in [2.24, 2.45) is 51.2 Å². The topological polar surface area (TPSA) is 91.6 Å². The van der Waals surface area contributed by atoms with Gasteiger partial charge in [-0.05, 0) is 123 Å². The maximum absolute atomic E-state index is 11.5. The van der Waals surface area contributed by atoms with Crippen LogP contribution in [0, 0.1) is 51.2 Å². The molecule has 43 heavy (non-hydrogen) atoms. The maximum atomic E-state index is 11.5. The van der Waals surface area contributed by atoms with Gasteiger partial charge in [-0.25, -0.2) is 0 Å². The van der Waals surface area contributed by atoms with E-state index in [4.69, 9.17) is 14.2 Å². The number of nitrogens with zero attached hydrogens (tertiary/aromatic N) is 1. The molecule has 0 aromatic rings. The number of ether oxygens (including phenoxy) is 3. The van der Waals surface area contributed by atoms with Crippen LogP contribution >= 0.6 is 0 Å². The van der Waals surface area contributed by atoms with E-state index < -0.39 is 11.7 Å². The van der Waals surface area contributed by atoms with E-state index in [9.17, 15) is 15.3 Å². The summed E-state index contributed by atoms with van der Waals surface area (Å²) in [5, 5.41) is 32.1. The second-order valence-corrected chi connectivity index (χ2v) is 17.6. The van der Waals surface area contributed by atoms with Crippen LogP contribution in [0.25, 0.3) is 0 Å². The van der Waals surface area contributed by atoms with Crippen LogP contribution in [0.15, 0.2) is 0 Å². The molecule has 5 unspecified atom stereocenters. The average Bonchev–Trinajstić information content (AvgIpc) is 3.33. The third kappa shape index (κ3) is 4.52. The van der Waals surface area contributed by atoms with Gasteiger partial charge < -0.3 is 29.5 Å². The second-order valence-electron chi connectivity index (χ2n) is 17.6. The minimum absolute atomic E-state index is 0.117. The summed E-state index contributed by atoms with van der Waals surface area (Å²) in [6, 6.07) is 0.532. The van der Waals surface area contributed by atoms with Crippen molar-refractivity contribution in [1.82, 2.24) is 4.90 Å². The van der Waals surface area contributed by atoms with Crippen LogP contribution in [0.5, 0.6) is 0 Å². The fourth-order valence-corrected chi connectivity index (χ4v) is 13.0. The van der Waals surface area contributed by atoms with Gasteiger partial charge >= 0.3 is 0 Å². The summed E-state index contributed by atoms with van der Waals surface area (Å²) in [6.07, 6.45) is 10.0. The molecule has 5 aliphatic carbocycles. The quantitative estimate of drug-likeness (QED) is 0.360. The summed E-state index contributed by atoms with van der Waals surface area (Å²) in [5.74, 6) is 3.04. The number of aliphatic hydroxyl groups excluding tert-OH is 2. The predicted molar refractivity (Wildman–Crippen MR) is 165 cm³/mol. The average molecular weight is 604 g/mol. The van der Waals surface area contributed by atoms with E-state index in [1.54, 1.807) is 13.8 Å². The van der Waals surface area contributed by atoms with Crippen LogP contribution in [0.4, 0.5) is 0 Å². The highest BCUT2D eigenvalue weighted by Crippen LogP contribution is 2.89. The van der Waals surface area contributed by atoms with E-state index >= 15 is 0 Å². The molecule has 7 nitrogen and oxygen atoms in total. The Morgan fingerprint density at radius 1 is 1.02 bits per heavy atom. The zero-order chi connectivity index (χ0) is 30.6. The predicted octanol–water partition coefficient (Wildman–Crippen LogP) is 5.00. The Kier molecular flexibility index (Phi) is 7.73. The standard InChI is InChI=1S/C36H61NO6/c1-22-35-15-14-34(6)25(8-7-9-29(39)33(4,5)40)27(38)18-26(34)24(35)10-11-28-32(2,3)30(12-13-36(22,28)35)43-31-19-37(16-17-42-31)23-20-41-21-23/h22-31,38-40H,7-21H2,1-6H3/t22-,24-,25?,26?,27+,28?,29-,30-,31?,34+,35-,36?/m0/s1. The van der Waals surface area contributed by atoms with Crippen molar-refractivity contribution < 1.29 is 29.5 Å². The molecule has 7 fully saturated rings.